The van der Waals surface area contributed by atoms with E-state index in [0.717, 1.165) is 0 Å². The summed E-state index contributed by atoms with van der Waals surface area (Å²) in [5, 5.41) is 15.9. The summed E-state index contributed by atoms with van der Waals surface area (Å²) in [6.07, 6.45) is 1.68. The number of ether oxygens (including phenoxy) is 1. The molecule has 0 spiro atoms. The van der Waals surface area contributed by atoms with Crippen molar-refractivity contribution in [1.29, 1.82) is 0 Å². The molecule has 5 nitrogen and oxygen atoms in total. The normalized spacial score (nSPS) is 15.5. The Kier molecular flexibility index (Phi) is 5.34. The third-order valence-corrected chi connectivity index (χ3v) is 5.29. The van der Waals surface area contributed by atoms with Gasteiger partial charge in [-0.3, -0.25) is 4.79 Å². The standard InChI is InChI=1S/C19H16BrClN2O3/c1-3-26-15-10-12(16(20)17(21)18(15)24)9-14-11(2)22-23(19(14)25)13-7-5-4-6-8-13/h4-10,24H,3H2,1-2H3/b14-9+. The molecule has 134 valence electrons. The number of hydrazone groups is 1. The van der Waals surface area contributed by atoms with Crippen molar-refractivity contribution >= 4 is 50.9 Å². The molecule has 2 aromatic carbocycles. The Bertz CT molecular complexity index is 926. The Morgan fingerprint density at radius 1 is 1.35 bits per heavy atom. The van der Waals surface area contributed by atoms with E-state index >= 15 is 0 Å². The zero-order valence-electron chi connectivity index (χ0n) is 14.2. The largest absolute Gasteiger partial charge is 0.503 e. The molecular formula is C19H16BrClN2O3. The van der Waals surface area contributed by atoms with Gasteiger partial charge in [-0.1, -0.05) is 29.8 Å². The van der Waals surface area contributed by atoms with E-state index < -0.39 is 0 Å². The lowest BCUT2D eigenvalue weighted by molar-refractivity contribution is -0.114. The van der Waals surface area contributed by atoms with Crippen LogP contribution in [0.3, 0.4) is 0 Å². The number of carbonyl (C=O) groups excluding carboxylic acids is 1. The monoisotopic (exact) mass is 434 g/mol. The van der Waals surface area contributed by atoms with Crippen LogP contribution in [0.1, 0.15) is 19.4 Å². The predicted molar refractivity (Wildman–Crippen MR) is 107 cm³/mol. The SMILES string of the molecule is CCOc1cc(/C=C2/C(=O)N(c3ccccc3)N=C2C)c(Br)c(Cl)c1O. The second-order valence-corrected chi connectivity index (χ2v) is 6.74. The molecule has 0 radical (unpaired) electrons. The molecule has 0 aromatic heterocycles. The van der Waals surface area contributed by atoms with E-state index in [1.165, 1.54) is 5.01 Å². The van der Waals surface area contributed by atoms with Gasteiger partial charge in [0.15, 0.2) is 11.5 Å². The molecule has 2 aromatic rings. The van der Waals surface area contributed by atoms with Gasteiger partial charge in [0.2, 0.25) is 0 Å². The van der Waals surface area contributed by atoms with Crippen molar-refractivity contribution < 1.29 is 14.6 Å². The number of rotatable bonds is 4. The van der Waals surface area contributed by atoms with Crippen LogP contribution in [-0.4, -0.2) is 23.3 Å². The van der Waals surface area contributed by atoms with Crippen LogP contribution in [-0.2, 0) is 4.79 Å². The minimum absolute atomic E-state index is 0.128. The number of benzene rings is 2. The fraction of sp³-hybridized carbons (Fsp3) is 0.158. The number of halogens is 2. The topological polar surface area (TPSA) is 62.1 Å². The van der Waals surface area contributed by atoms with E-state index in [9.17, 15) is 9.90 Å². The summed E-state index contributed by atoms with van der Waals surface area (Å²) in [6.45, 7) is 3.96. The number of anilines is 1. The van der Waals surface area contributed by atoms with Crippen LogP contribution < -0.4 is 9.75 Å². The minimum atomic E-state index is -0.234. The number of phenolic OH excluding ortho intramolecular Hbond substituents is 1. The molecule has 0 saturated heterocycles. The summed E-state index contributed by atoms with van der Waals surface area (Å²) in [5.41, 5.74) is 2.34. The summed E-state index contributed by atoms with van der Waals surface area (Å²) in [5.74, 6) is -0.119. The van der Waals surface area contributed by atoms with Crippen LogP contribution in [0.2, 0.25) is 5.02 Å². The lowest BCUT2D eigenvalue weighted by Crippen LogP contribution is -2.21. The maximum absolute atomic E-state index is 12.8. The van der Waals surface area contributed by atoms with Crippen LogP contribution in [0.25, 0.3) is 6.08 Å². The van der Waals surface area contributed by atoms with Gasteiger partial charge in [-0.2, -0.15) is 10.1 Å². The fourth-order valence-corrected chi connectivity index (χ4v) is 3.19. The van der Waals surface area contributed by atoms with Gasteiger partial charge in [0, 0.05) is 4.47 Å². The first-order valence-corrected chi connectivity index (χ1v) is 9.11. The van der Waals surface area contributed by atoms with E-state index in [1.807, 2.05) is 37.3 Å². The highest BCUT2D eigenvalue weighted by atomic mass is 79.9. The average molecular weight is 436 g/mol. The zero-order chi connectivity index (χ0) is 18.8. The molecule has 0 bridgehead atoms. The summed E-state index contributed by atoms with van der Waals surface area (Å²) >= 11 is 9.54. The molecule has 0 saturated carbocycles. The number of aromatic hydroxyl groups is 1. The molecule has 1 aliphatic heterocycles. The highest BCUT2D eigenvalue weighted by Crippen LogP contribution is 2.42. The average Bonchev–Trinajstić information content (AvgIpc) is 2.92. The molecule has 1 aliphatic rings. The Hall–Kier alpha value is -2.31. The number of hydrogen-bond donors (Lipinski definition) is 1. The Balaban J connectivity index is 2.03. The number of amides is 1. The van der Waals surface area contributed by atoms with Crippen LogP contribution in [0, 0.1) is 0 Å². The van der Waals surface area contributed by atoms with Crippen LogP contribution in [0.5, 0.6) is 11.5 Å². The first-order valence-electron chi connectivity index (χ1n) is 7.94. The third kappa shape index (κ3) is 3.34. The maximum Gasteiger partial charge on any atom is 0.280 e. The van der Waals surface area contributed by atoms with Crippen molar-refractivity contribution in [2.24, 2.45) is 5.10 Å². The van der Waals surface area contributed by atoms with Crippen molar-refractivity contribution in [2.45, 2.75) is 13.8 Å². The molecule has 1 amide bonds. The van der Waals surface area contributed by atoms with Crippen molar-refractivity contribution in [3.63, 3.8) is 0 Å². The van der Waals surface area contributed by atoms with E-state index in [4.69, 9.17) is 16.3 Å². The second-order valence-electron chi connectivity index (χ2n) is 5.57. The Morgan fingerprint density at radius 2 is 2.04 bits per heavy atom. The molecule has 3 rings (SSSR count). The first-order chi connectivity index (χ1) is 12.4. The number of para-hydroxylation sites is 1. The highest BCUT2D eigenvalue weighted by Gasteiger charge is 2.29. The first kappa shape index (κ1) is 18.5. The number of carbonyl (C=O) groups is 1. The number of hydrogen-bond acceptors (Lipinski definition) is 4. The lowest BCUT2D eigenvalue weighted by Gasteiger charge is -2.12. The van der Waals surface area contributed by atoms with Crippen molar-refractivity contribution in [3.05, 3.63) is 57.0 Å². The Morgan fingerprint density at radius 3 is 2.69 bits per heavy atom. The molecule has 7 heteroatoms. The van der Waals surface area contributed by atoms with E-state index in [2.05, 4.69) is 21.0 Å². The van der Waals surface area contributed by atoms with E-state index in [0.29, 0.717) is 33.6 Å². The lowest BCUT2D eigenvalue weighted by atomic mass is 10.1. The van der Waals surface area contributed by atoms with Crippen LogP contribution >= 0.6 is 27.5 Å². The number of phenols is 1. The fourth-order valence-electron chi connectivity index (χ4n) is 2.57. The van der Waals surface area contributed by atoms with Gasteiger partial charge in [0.1, 0.15) is 5.02 Å². The molecular weight excluding hydrogens is 420 g/mol. The molecule has 0 unspecified atom stereocenters. The van der Waals surface area contributed by atoms with E-state index in [1.54, 1.807) is 19.1 Å². The van der Waals surface area contributed by atoms with Crippen molar-refractivity contribution in [2.75, 3.05) is 11.6 Å². The highest BCUT2D eigenvalue weighted by molar-refractivity contribution is 9.10. The van der Waals surface area contributed by atoms with E-state index in [-0.39, 0.29) is 22.4 Å². The zero-order valence-corrected chi connectivity index (χ0v) is 16.5. The van der Waals surface area contributed by atoms with Gasteiger partial charge in [0.05, 0.1) is 23.6 Å². The quantitative estimate of drug-likeness (QED) is 0.687. The van der Waals surface area contributed by atoms with Gasteiger partial charge in [0.25, 0.3) is 5.91 Å². The number of nitrogens with zero attached hydrogens (tertiary/aromatic N) is 2. The molecule has 1 N–H and O–H groups in total. The summed E-state index contributed by atoms with van der Waals surface area (Å²) in [6, 6.07) is 10.8. The van der Waals surface area contributed by atoms with Gasteiger partial charge < -0.3 is 9.84 Å². The minimum Gasteiger partial charge on any atom is -0.503 e. The third-order valence-electron chi connectivity index (χ3n) is 3.84. The Labute approximate surface area is 164 Å². The van der Waals surface area contributed by atoms with Gasteiger partial charge in [-0.25, -0.2) is 0 Å². The maximum atomic E-state index is 12.8. The summed E-state index contributed by atoms with van der Waals surface area (Å²) < 4.78 is 5.89. The summed E-state index contributed by atoms with van der Waals surface area (Å²) in [7, 11) is 0. The second kappa shape index (κ2) is 7.51. The van der Waals surface area contributed by atoms with Crippen molar-refractivity contribution in [3.8, 4) is 11.5 Å². The van der Waals surface area contributed by atoms with Gasteiger partial charge in [-0.15, -0.1) is 0 Å². The molecule has 0 aliphatic carbocycles. The van der Waals surface area contributed by atoms with Crippen molar-refractivity contribution in [1.82, 2.24) is 0 Å². The smallest absolute Gasteiger partial charge is 0.280 e. The molecule has 1 heterocycles. The molecule has 0 atom stereocenters. The van der Waals surface area contributed by atoms with Crippen LogP contribution in [0.4, 0.5) is 5.69 Å². The predicted octanol–water partition coefficient (Wildman–Crippen LogP) is 5.01. The van der Waals surface area contributed by atoms with Gasteiger partial charge >= 0.3 is 0 Å². The molecule has 26 heavy (non-hydrogen) atoms. The molecule has 0 fully saturated rings. The summed E-state index contributed by atoms with van der Waals surface area (Å²) in [4.78, 5) is 12.8. The van der Waals surface area contributed by atoms with Crippen LogP contribution in [0.15, 0.2) is 51.5 Å². The van der Waals surface area contributed by atoms with Gasteiger partial charge in [-0.05, 0) is 59.6 Å².